The topological polar surface area (TPSA) is 32.3 Å². The first kappa shape index (κ1) is 9.90. The average Bonchev–Trinajstić information content (AvgIpc) is 2.50. The molecule has 0 spiro atoms. The molecule has 1 N–H and O–H groups in total. The van der Waals surface area contributed by atoms with Crippen molar-refractivity contribution in [3.8, 4) is 0 Å². The van der Waals surface area contributed by atoms with Crippen molar-refractivity contribution in [1.82, 2.24) is 10.2 Å². The van der Waals surface area contributed by atoms with Crippen LogP contribution in [0.5, 0.6) is 0 Å². The molecule has 0 aromatic rings. The summed E-state index contributed by atoms with van der Waals surface area (Å²) in [6, 6.07) is 0.481. The zero-order valence-electron chi connectivity index (χ0n) is 8.62. The smallest absolute Gasteiger partial charge is 0.234 e. The van der Waals surface area contributed by atoms with E-state index in [1.165, 1.54) is 0 Å². The molecule has 4 heteroatoms. The van der Waals surface area contributed by atoms with Crippen LogP contribution < -0.4 is 5.32 Å². The van der Waals surface area contributed by atoms with Gasteiger partial charge >= 0.3 is 0 Å². The number of rotatable bonds is 1. The highest BCUT2D eigenvalue weighted by atomic mass is 32.1. The third-order valence-corrected chi connectivity index (χ3v) is 3.43. The van der Waals surface area contributed by atoms with Gasteiger partial charge in [-0.25, -0.2) is 0 Å². The van der Waals surface area contributed by atoms with Crippen LogP contribution in [0.25, 0.3) is 0 Å². The minimum atomic E-state index is 0.170. The van der Waals surface area contributed by atoms with Gasteiger partial charge in [-0.05, 0) is 38.9 Å². The average molecular weight is 212 g/mol. The standard InChI is InChI=1S/C10H16N2OS/c1-6(2)12-9(13)7-4-3-5-8(7)11-10(12)14/h6-8H,3-5H2,1-2H3,(H,11,14). The SMILES string of the molecule is CC(C)N1C(=O)C2CCCC2NC1=S. The molecule has 0 bridgehead atoms. The van der Waals surface area contributed by atoms with E-state index in [1.54, 1.807) is 4.90 Å². The van der Waals surface area contributed by atoms with Crippen LogP contribution in [0.15, 0.2) is 0 Å². The number of carbonyl (C=O) groups is 1. The molecule has 78 valence electrons. The van der Waals surface area contributed by atoms with E-state index in [0.29, 0.717) is 11.2 Å². The van der Waals surface area contributed by atoms with Crippen LogP contribution >= 0.6 is 12.2 Å². The second kappa shape index (κ2) is 3.50. The van der Waals surface area contributed by atoms with Crippen LogP contribution in [0.1, 0.15) is 33.1 Å². The summed E-state index contributed by atoms with van der Waals surface area (Å²) < 4.78 is 0. The molecule has 1 saturated heterocycles. The Hall–Kier alpha value is -0.640. The lowest BCUT2D eigenvalue weighted by molar-refractivity contribution is -0.134. The summed E-state index contributed by atoms with van der Waals surface area (Å²) in [5.41, 5.74) is 0. The molecule has 1 saturated carbocycles. The minimum absolute atomic E-state index is 0.170. The Labute approximate surface area is 89.8 Å². The van der Waals surface area contributed by atoms with Crippen LogP contribution in [-0.4, -0.2) is 28.0 Å². The molecule has 14 heavy (non-hydrogen) atoms. The maximum Gasteiger partial charge on any atom is 0.234 e. The number of carbonyl (C=O) groups excluding carboxylic acids is 1. The molecular formula is C10H16N2OS. The third kappa shape index (κ3) is 1.41. The summed E-state index contributed by atoms with van der Waals surface area (Å²) in [6.45, 7) is 4.00. The Morgan fingerprint density at radius 3 is 2.86 bits per heavy atom. The van der Waals surface area contributed by atoms with E-state index in [-0.39, 0.29) is 17.9 Å². The van der Waals surface area contributed by atoms with Crippen LogP contribution in [0.2, 0.25) is 0 Å². The first-order valence-corrected chi connectivity index (χ1v) is 5.65. The van der Waals surface area contributed by atoms with Crippen LogP contribution in [0, 0.1) is 5.92 Å². The summed E-state index contributed by atoms with van der Waals surface area (Å²) in [5.74, 6) is 0.398. The molecule has 3 nitrogen and oxygen atoms in total. The fourth-order valence-corrected chi connectivity index (χ4v) is 2.88. The maximum atomic E-state index is 12.1. The van der Waals surface area contributed by atoms with Crippen molar-refractivity contribution in [3.63, 3.8) is 0 Å². The maximum absolute atomic E-state index is 12.1. The number of amides is 1. The number of hydrogen-bond acceptors (Lipinski definition) is 2. The first-order valence-electron chi connectivity index (χ1n) is 5.25. The van der Waals surface area contributed by atoms with Gasteiger partial charge in [-0.15, -0.1) is 0 Å². The summed E-state index contributed by atoms with van der Waals surface area (Å²) in [5, 5.41) is 3.90. The highest BCUT2D eigenvalue weighted by Gasteiger charge is 2.42. The van der Waals surface area contributed by atoms with Crippen molar-refractivity contribution in [3.05, 3.63) is 0 Å². The highest BCUT2D eigenvalue weighted by Crippen LogP contribution is 2.31. The Morgan fingerprint density at radius 1 is 1.50 bits per heavy atom. The monoisotopic (exact) mass is 212 g/mol. The predicted molar refractivity (Wildman–Crippen MR) is 58.8 cm³/mol. The third-order valence-electron chi connectivity index (χ3n) is 3.11. The first-order chi connectivity index (χ1) is 6.61. The number of thiocarbonyl (C=S) groups is 1. The number of nitrogens with zero attached hydrogens (tertiary/aromatic N) is 1. The largest absolute Gasteiger partial charge is 0.359 e. The van der Waals surface area contributed by atoms with Crippen molar-refractivity contribution >= 4 is 23.2 Å². The summed E-state index contributed by atoms with van der Waals surface area (Å²) in [4.78, 5) is 13.8. The van der Waals surface area contributed by atoms with E-state index in [0.717, 1.165) is 19.3 Å². The molecule has 2 rings (SSSR count). The molecule has 1 amide bonds. The fraction of sp³-hybridized carbons (Fsp3) is 0.800. The van der Waals surface area contributed by atoms with Gasteiger partial charge in [0.1, 0.15) is 0 Å². The van der Waals surface area contributed by atoms with Gasteiger partial charge in [0, 0.05) is 12.1 Å². The van der Waals surface area contributed by atoms with E-state index in [2.05, 4.69) is 5.32 Å². The molecule has 1 aliphatic carbocycles. The normalized spacial score (nSPS) is 32.1. The zero-order valence-corrected chi connectivity index (χ0v) is 9.43. The summed E-state index contributed by atoms with van der Waals surface area (Å²) in [7, 11) is 0. The number of nitrogens with one attached hydrogen (secondary N) is 1. The Morgan fingerprint density at radius 2 is 2.21 bits per heavy atom. The van der Waals surface area contributed by atoms with Crippen molar-refractivity contribution in [2.75, 3.05) is 0 Å². The van der Waals surface area contributed by atoms with E-state index in [4.69, 9.17) is 12.2 Å². The molecule has 2 fully saturated rings. The quantitative estimate of drug-likeness (QED) is 0.665. The minimum Gasteiger partial charge on any atom is -0.359 e. The van der Waals surface area contributed by atoms with Crippen molar-refractivity contribution in [1.29, 1.82) is 0 Å². The Kier molecular flexibility index (Phi) is 2.47. The van der Waals surface area contributed by atoms with E-state index < -0.39 is 0 Å². The Bertz CT molecular complexity index is 277. The molecule has 0 aromatic heterocycles. The second-order valence-electron chi connectivity index (χ2n) is 4.40. The summed E-state index contributed by atoms with van der Waals surface area (Å²) >= 11 is 5.20. The number of hydrogen-bond donors (Lipinski definition) is 1. The zero-order chi connectivity index (χ0) is 10.3. The van der Waals surface area contributed by atoms with Gasteiger partial charge in [-0.2, -0.15) is 0 Å². The van der Waals surface area contributed by atoms with Crippen molar-refractivity contribution in [2.24, 2.45) is 5.92 Å². The van der Waals surface area contributed by atoms with Gasteiger partial charge in [0.2, 0.25) is 5.91 Å². The van der Waals surface area contributed by atoms with E-state index >= 15 is 0 Å². The van der Waals surface area contributed by atoms with Crippen LogP contribution in [0.3, 0.4) is 0 Å². The highest BCUT2D eigenvalue weighted by molar-refractivity contribution is 7.80. The second-order valence-corrected chi connectivity index (χ2v) is 4.78. The number of fused-ring (bicyclic) bond motifs is 1. The predicted octanol–water partition coefficient (Wildman–Crippen LogP) is 1.28. The lowest BCUT2D eigenvalue weighted by atomic mass is 9.99. The Balaban J connectivity index is 2.21. The molecule has 2 aliphatic rings. The van der Waals surface area contributed by atoms with E-state index in [1.807, 2.05) is 13.8 Å². The molecular weight excluding hydrogens is 196 g/mol. The molecule has 2 atom stereocenters. The van der Waals surface area contributed by atoms with Crippen molar-refractivity contribution in [2.45, 2.75) is 45.2 Å². The van der Waals surface area contributed by atoms with Crippen LogP contribution in [0.4, 0.5) is 0 Å². The molecule has 1 heterocycles. The van der Waals surface area contributed by atoms with Gasteiger partial charge in [0.15, 0.2) is 5.11 Å². The van der Waals surface area contributed by atoms with Gasteiger partial charge in [0.05, 0.1) is 5.92 Å². The lowest BCUT2D eigenvalue weighted by Gasteiger charge is -2.38. The molecule has 0 aromatic carbocycles. The molecule has 0 radical (unpaired) electrons. The van der Waals surface area contributed by atoms with Gasteiger partial charge in [-0.1, -0.05) is 6.42 Å². The fourth-order valence-electron chi connectivity index (χ4n) is 2.42. The molecule has 1 aliphatic heterocycles. The van der Waals surface area contributed by atoms with Crippen LogP contribution in [-0.2, 0) is 4.79 Å². The van der Waals surface area contributed by atoms with E-state index in [9.17, 15) is 4.79 Å². The van der Waals surface area contributed by atoms with Crippen molar-refractivity contribution < 1.29 is 4.79 Å². The lowest BCUT2D eigenvalue weighted by Crippen LogP contribution is -2.60. The van der Waals surface area contributed by atoms with Gasteiger partial charge in [0.25, 0.3) is 0 Å². The van der Waals surface area contributed by atoms with Gasteiger partial charge in [-0.3, -0.25) is 9.69 Å². The summed E-state index contributed by atoms with van der Waals surface area (Å²) in [6.07, 6.45) is 3.24. The van der Waals surface area contributed by atoms with Gasteiger partial charge < -0.3 is 5.32 Å². The molecule has 2 unspecified atom stereocenters.